The summed E-state index contributed by atoms with van der Waals surface area (Å²) in [6.07, 6.45) is 1.50. The highest BCUT2D eigenvalue weighted by molar-refractivity contribution is 6.03. The van der Waals surface area contributed by atoms with Gasteiger partial charge >= 0.3 is 11.9 Å². The molecular weight excluding hydrogens is 264 g/mol. The molecule has 20 heavy (non-hydrogen) atoms. The van der Waals surface area contributed by atoms with Crippen molar-refractivity contribution in [3.8, 4) is 0 Å². The van der Waals surface area contributed by atoms with Crippen LogP contribution in [0, 0.1) is 11.8 Å². The van der Waals surface area contributed by atoms with E-state index in [2.05, 4.69) is 0 Å². The fourth-order valence-electron chi connectivity index (χ4n) is 4.38. The molecule has 4 heterocycles. The third-order valence-electron chi connectivity index (χ3n) is 5.05. The highest BCUT2D eigenvalue weighted by Gasteiger charge is 2.67. The molecule has 4 aliphatic rings. The van der Waals surface area contributed by atoms with E-state index >= 15 is 0 Å². The Balaban J connectivity index is 1.79. The van der Waals surface area contributed by atoms with Crippen LogP contribution in [0.15, 0.2) is 11.1 Å². The van der Waals surface area contributed by atoms with E-state index in [1.165, 1.54) is 14.2 Å². The monoisotopic (exact) mass is 280 g/mol. The van der Waals surface area contributed by atoms with Crippen molar-refractivity contribution >= 4 is 11.9 Å². The van der Waals surface area contributed by atoms with Gasteiger partial charge in [-0.15, -0.1) is 0 Å². The third kappa shape index (κ3) is 1.31. The van der Waals surface area contributed by atoms with Crippen LogP contribution in [0.5, 0.6) is 0 Å². The standard InChI is InChI=1S/C14H16O6/c1-17-13(15)9-10(14(16)18-2)12-8-6-4-3-5(19-6)7(8)11(9)20-12/h5-8,11-12H,3-4H2,1-2H3/t5-,6-,7+,8+,11+,12+/m1/s1. The van der Waals surface area contributed by atoms with Gasteiger partial charge in [0, 0.05) is 11.8 Å². The molecule has 0 aromatic heterocycles. The predicted molar refractivity (Wildman–Crippen MR) is 64.6 cm³/mol. The third-order valence-corrected chi connectivity index (χ3v) is 5.05. The molecule has 4 rings (SSSR count). The Hall–Kier alpha value is -1.40. The molecule has 108 valence electrons. The summed E-state index contributed by atoms with van der Waals surface area (Å²) in [5.74, 6) is -0.666. The lowest BCUT2D eigenvalue weighted by Crippen LogP contribution is -2.40. The fourth-order valence-corrected chi connectivity index (χ4v) is 4.38. The van der Waals surface area contributed by atoms with Crippen molar-refractivity contribution in [2.45, 2.75) is 37.3 Å². The van der Waals surface area contributed by atoms with Gasteiger partial charge in [-0.1, -0.05) is 0 Å². The second kappa shape index (κ2) is 4.05. The second-order valence-corrected chi connectivity index (χ2v) is 5.73. The summed E-state index contributed by atoms with van der Waals surface area (Å²) in [6.45, 7) is 0. The van der Waals surface area contributed by atoms with Crippen LogP contribution in [-0.4, -0.2) is 50.6 Å². The molecule has 0 radical (unpaired) electrons. The lowest BCUT2D eigenvalue weighted by Gasteiger charge is -2.29. The van der Waals surface area contributed by atoms with E-state index < -0.39 is 11.9 Å². The Morgan fingerprint density at radius 1 is 0.900 bits per heavy atom. The number of carbonyl (C=O) groups is 2. The molecule has 4 bridgehead atoms. The van der Waals surface area contributed by atoms with Crippen molar-refractivity contribution in [3.05, 3.63) is 11.1 Å². The maximum absolute atomic E-state index is 12.0. The molecule has 0 amide bonds. The van der Waals surface area contributed by atoms with Crippen molar-refractivity contribution in [2.24, 2.45) is 11.8 Å². The van der Waals surface area contributed by atoms with Gasteiger partial charge in [0.05, 0.1) is 49.8 Å². The van der Waals surface area contributed by atoms with Crippen LogP contribution >= 0.6 is 0 Å². The molecule has 6 nitrogen and oxygen atoms in total. The fraction of sp³-hybridized carbons (Fsp3) is 0.714. The van der Waals surface area contributed by atoms with Gasteiger partial charge in [-0.25, -0.2) is 9.59 Å². The zero-order valence-corrected chi connectivity index (χ0v) is 11.3. The van der Waals surface area contributed by atoms with Gasteiger partial charge in [0.15, 0.2) is 0 Å². The SMILES string of the molecule is COC(=O)C1=C(C(=O)OC)[C@H]2O[C@H]1[C@@H]1[C@@H]2[C@H]2CC[C@H]1O2. The zero-order chi connectivity index (χ0) is 14.0. The molecule has 0 N–H and O–H groups in total. The van der Waals surface area contributed by atoms with Crippen LogP contribution in [-0.2, 0) is 28.5 Å². The number of esters is 2. The van der Waals surface area contributed by atoms with Crippen molar-refractivity contribution in [2.75, 3.05) is 14.2 Å². The lowest BCUT2D eigenvalue weighted by atomic mass is 9.69. The van der Waals surface area contributed by atoms with Gasteiger partial charge in [0.1, 0.15) is 0 Å². The van der Waals surface area contributed by atoms with Crippen LogP contribution < -0.4 is 0 Å². The van der Waals surface area contributed by atoms with E-state index in [9.17, 15) is 9.59 Å². The van der Waals surface area contributed by atoms with Crippen molar-refractivity contribution in [3.63, 3.8) is 0 Å². The maximum Gasteiger partial charge on any atom is 0.337 e. The Labute approximate surface area is 116 Å². The molecule has 4 aliphatic heterocycles. The average molecular weight is 280 g/mol. The van der Waals surface area contributed by atoms with E-state index in [0.717, 1.165) is 12.8 Å². The summed E-state index contributed by atoms with van der Waals surface area (Å²) in [4.78, 5) is 24.0. The largest absolute Gasteiger partial charge is 0.466 e. The molecule has 0 aromatic carbocycles. The Bertz CT molecular complexity index is 480. The first kappa shape index (κ1) is 12.3. The molecule has 0 saturated carbocycles. The number of rotatable bonds is 2. The molecule has 0 spiro atoms. The van der Waals surface area contributed by atoms with E-state index in [-0.39, 0.29) is 36.3 Å². The van der Waals surface area contributed by atoms with Crippen LogP contribution in [0.4, 0.5) is 0 Å². The number of carbonyl (C=O) groups excluding carboxylic acids is 2. The van der Waals surface area contributed by atoms with Crippen molar-refractivity contribution in [1.82, 2.24) is 0 Å². The molecule has 0 unspecified atom stereocenters. The molecule has 6 heteroatoms. The average Bonchev–Trinajstić information content (AvgIpc) is 3.20. The molecule has 3 saturated heterocycles. The zero-order valence-electron chi connectivity index (χ0n) is 11.3. The van der Waals surface area contributed by atoms with Crippen LogP contribution in [0.3, 0.4) is 0 Å². The van der Waals surface area contributed by atoms with Crippen LogP contribution in [0.25, 0.3) is 0 Å². The normalized spacial score (nSPS) is 43.9. The Morgan fingerprint density at radius 3 is 1.75 bits per heavy atom. The lowest BCUT2D eigenvalue weighted by molar-refractivity contribution is -0.139. The van der Waals surface area contributed by atoms with Crippen molar-refractivity contribution in [1.29, 1.82) is 0 Å². The highest BCUT2D eigenvalue weighted by Crippen LogP contribution is 2.58. The summed E-state index contributed by atoms with van der Waals surface area (Å²) < 4.78 is 21.5. The molecule has 0 aliphatic carbocycles. The summed E-state index contributed by atoms with van der Waals surface area (Å²) in [7, 11) is 2.62. The minimum atomic E-state index is -0.501. The van der Waals surface area contributed by atoms with E-state index in [1.54, 1.807) is 0 Å². The maximum atomic E-state index is 12.0. The van der Waals surface area contributed by atoms with Gasteiger partial charge in [-0.2, -0.15) is 0 Å². The smallest absolute Gasteiger partial charge is 0.337 e. The first-order chi connectivity index (χ1) is 9.67. The Kier molecular flexibility index (Phi) is 2.50. The summed E-state index contributed by atoms with van der Waals surface area (Å²) in [6, 6.07) is 0. The summed E-state index contributed by atoms with van der Waals surface area (Å²) >= 11 is 0. The molecular formula is C14H16O6. The minimum Gasteiger partial charge on any atom is -0.466 e. The Morgan fingerprint density at radius 2 is 1.35 bits per heavy atom. The molecule has 0 aromatic rings. The molecule has 3 fully saturated rings. The number of methoxy groups -OCH3 is 2. The highest BCUT2D eigenvalue weighted by atomic mass is 16.6. The van der Waals surface area contributed by atoms with Gasteiger partial charge in [-0.05, 0) is 12.8 Å². The van der Waals surface area contributed by atoms with E-state index in [4.69, 9.17) is 18.9 Å². The topological polar surface area (TPSA) is 71.1 Å². The van der Waals surface area contributed by atoms with Gasteiger partial charge in [-0.3, -0.25) is 0 Å². The number of ether oxygens (including phenoxy) is 4. The van der Waals surface area contributed by atoms with E-state index in [0.29, 0.717) is 11.1 Å². The minimum absolute atomic E-state index is 0.138. The predicted octanol–water partition coefficient (Wildman–Crippen LogP) is 0.204. The first-order valence-electron chi connectivity index (χ1n) is 6.89. The van der Waals surface area contributed by atoms with Crippen molar-refractivity contribution < 1.29 is 28.5 Å². The summed E-state index contributed by atoms with van der Waals surface area (Å²) in [5.41, 5.74) is 0.670. The summed E-state index contributed by atoms with van der Waals surface area (Å²) in [5, 5.41) is 0. The van der Waals surface area contributed by atoms with Gasteiger partial charge in [0.2, 0.25) is 0 Å². The van der Waals surface area contributed by atoms with Crippen LogP contribution in [0.2, 0.25) is 0 Å². The van der Waals surface area contributed by atoms with Crippen LogP contribution in [0.1, 0.15) is 12.8 Å². The second-order valence-electron chi connectivity index (χ2n) is 5.73. The van der Waals surface area contributed by atoms with E-state index in [1.807, 2.05) is 0 Å². The number of hydrogen-bond donors (Lipinski definition) is 0. The number of fused-ring (bicyclic) bond motifs is 9. The van der Waals surface area contributed by atoms with Gasteiger partial charge < -0.3 is 18.9 Å². The first-order valence-corrected chi connectivity index (χ1v) is 6.89. The molecule has 6 atom stereocenters. The number of hydrogen-bond acceptors (Lipinski definition) is 6. The quantitative estimate of drug-likeness (QED) is 0.673. The van der Waals surface area contributed by atoms with Gasteiger partial charge in [0.25, 0.3) is 0 Å².